The lowest BCUT2D eigenvalue weighted by atomic mass is 9.87. The number of aromatic amines is 1. The number of rotatable bonds is 7. The van der Waals surface area contributed by atoms with Crippen LogP contribution >= 0.6 is 0 Å². The summed E-state index contributed by atoms with van der Waals surface area (Å²) in [7, 11) is 1.57. The Hall–Kier alpha value is -3.81. The Morgan fingerprint density at radius 1 is 1.13 bits per heavy atom. The third-order valence-electron chi connectivity index (χ3n) is 4.77. The lowest BCUT2D eigenvalue weighted by Gasteiger charge is -2.21. The molecule has 1 heterocycles. The Balaban J connectivity index is 1.67. The molecule has 1 aromatic heterocycles. The lowest BCUT2D eigenvalue weighted by Crippen LogP contribution is -2.21. The largest absolute Gasteiger partial charge is 0.495 e. The second kappa shape index (κ2) is 9.34. The van der Waals surface area contributed by atoms with Gasteiger partial charge < -0.3 is 20.7 Å². The lowest BCUT2D eigenvalue weighted by molar-refractivity contribution is 0.111. The molecule has 0 aliphatic heterocycles. The van der Waals surface area contributed by atoms with E-state index in [0.717, 1.165) is 11.1 Å². The van der Waals surface area contributed by atoms with Crippen LogP contribution in [0.3, 0.4) is 0 Å². The summed E-state index contributed by atoms with van der Waals surface area (Å²) in [4.78, 5) is 23.6. The van der Waals surface area contributed by atoms with E-state index in [4.69, 9.17) is 4.74 Å². The number of urea groups is 1. The average Bonchev–Trinajstić information content (AvgIpc) is 3.19. The molecule has 0 radical (unpaired) electrons. The Morgan fingerprint density at radius 2 is 1.94 bits per heavy atom. The SMILES string of the molecule is COc1ccc(C(C)(C)C)cc1NC(=O)Nc1cccc(CNc2cn[nH]c2C=O)c1. The van der Waals surface area contributed by atoms with E-state index in [9.17, 15) is 9.59 Å². The number of methoxy groups -OCH3 is 1. The number of ether oxygens (including phenoxy) is 1. The fraction of sp³-hybridized carbons (Fsp3) is 0.261. The highest BCUT2D eigenvalue weighted by Gasteiger charge is 2.17. The summed E-state index contributed by atoms with van der Waals surface area (Å²) in [5.74, 6) is 0.590. The van der Waals surface area contributed by atoms with E-state index in [-0.39, 0.29) is 11.4 Å². The van der Waals surface area contributed by atoms with Crippen molar-refractivity contribution in [2.24, 2.45) is 0 Å². The minimum atomic E-state index is -0.368. The number of carbonyl (C=O) groups excluding carboxylic acids is 2. The monoisotopic (exact) mass is 421 g/mol. The van der Waals surface area contributed by atoms with Crippen molar-refractivity contribution in [2.45, 2.75) is 32.7 Å². The van der Waals surface area contributed by atoms with Crippen LogP contribution in [0.4, 0.5) is 21.9 Å². The van der Waals surface area contributed by atoms with Crippen molar-refractivity contribution in [3.05, 3.63) is 65.5 Å². The van der Waals surface area contributed by atoms with E-state index in [1.807, 2.05) is 36.4 Å². The van der Waals surface area contributed by atoms with Crippen LogP contribution in [0.1, 0.15) is 42.4 Å². The summed E-state index contributed by atoms with van der Waals surface area (Å²) >= 11 is 0. The Bertz CT molecular complexity index is 1070. The minimum Gasteiger partial charge on any atom is -0.495 e. The van der Waals surface area contributed by atoms with Crippen LogP contribution < -0.4 is 20.7 Å². The third kappa shape index (κ3) is 5.63. The van der Waals surface area contributed by atoms with E-state index in [1.54, 1.807) is 19.4 Å². The van der Waals surface area contributed by atoms with Gasteiger partial charge >= 0.3 is 6.03 Å². The summed E-state index contributed by atoms with van der Waals surface area (Å²) in [6.45, 7) is 6.80. The maximum Gasteiger partial charge on any atom is 0.323 e. The van der Waals surface area contributed by atoms with Gasteiger partial charge in [0.2, 0.25) is 0 Å². The molecule has 162 valence electrons. The molecule has 0 saturated heterocycles. The van der Waals surface area contributed by atoms with Crippen molar-refractivity contribution in [1.82, 2.24) is 10.2 Å². The van der Waals surface area contributed by atoms with Crippen molar-refractivity contribution >= 4 is 29.4 Å². The number of anilines is 3. The van der Waals surface area contributed by atoms with Crippen molar-refractivity contribution in [2.75, 3.05) is 23.1 Å². The molecule has 0 atom stereocenters. The number of benzene rings is 2. The average molecular weight is 422 g/mol. The highest BCUT2D eigenvalue weighted by Crippen LogP contribution is 2.31. The zero-order valence-electron chi connectivity index (χ0n) is 18.1. The van der Waals surface area contributed by atoms with Gasteiger partial charge in [0.15, 0.2) is 6.29 Å². The van der Waals surface area contributed by atoms with Gasteiger partial charge in [0.25, 0.3) is 0 Å². The summed E-state index contributed by atoms with van der Waals surface area (Å²) in [6.07, 6.45) is 2.26. The summed E-state index contributed by atoms with van der Waals surface area (Å²) in [5, 5.41) is 15.3. The number of nitrogens with zero attached hydrogens (tertiary/aromatic N) is 1. The molecule has 0 fully saturated rings. The van der Waals surface area contributed by atoms with Crippen molar-refractivity contribution in [3.8, 4) is 5.75 Å². The maximum absolute atomic E-state index is 12.6. The fourth-order valence-electron chi connectivity index (χ4n) is 3.04. The smallest absolute Gasteiger partial charge is 0.323 e. The van der Waals surface area contributed by atoms with Crippen LogP contribution in [-0.2, 0) is 12.0 Å². The number of amides is 2. The second-order valence-corrected chi connectivity index (χ2v) is 8.11. The molecule has 0 bridgehead atoms. The number of aromatic nitrogens is 2. The standard InChI is InChI=1S/C23H27N5O3/c1-23(2,3)16-8-9-21(31-4)18(11-16)27-22(30)26-17-7-5-6-15(10-17)12-24-19-13-25-28-20(19)14-29/h5-11,13-14,24H,12H2,1-4H3,(H,25,28)(H2,26,27,30). The molecule has 2 aromatic carbocycles. The first kappa shape index (κ1) is 21.9. The molecule has 0 aliphatic rings. The Kier molecular flexibility index (Phi) is 6.59. The van der Waals surface area contributed by atoms with Crippen LogP contribution in [-0.4, -0.2) is 29.6 Å². The van der Waals surface area contributed by atoms with Crippen molar-refractivity contribution in [1.29, 1.82) is 0 Å². The van der Waals surface area contributed by atoms with Gasteiger partial charge in [-0.05, 0) is 40.8 Å². The van der Waals surface area contributed by atoms with Crippen LogP contribution in [0.25, 0.3) is 0 Å². The highest BCUT2D eigenvalue weighted by atomic mass is 16.5. The molecule has 8 nitrogen and oxygen atoms in total. The van der Waals surface area contributed by atoms with Gasteiger partial charge in [-0.3, -0.25) is 9.89 Å². The zero-order chi connectivity index (χ0) is 22.4. The quantitative estimate of drug-likeness (QED) is 0.411. The number of aldehydes is 1. The minimum absolute atomic E-state index is 0.0563. The van der Waals surface area contributed by atoms with Gasteiger partial charge in [0.05, 0.1) is 24.7 Å². The molecule has 8 heteroatoms. The van der Waals surface area contributed by atoms with Gasteiger partial charge in [0.1, 0.15) is 11.4 Å². The molecular weight excluding hydrogens is 394 g/mol. The Labute approximate surface area is 181 Å². The fourth-order valence-corrected chi connectivity index (χ4v) is 3.04. The topological polar surface area (TPSA) is 108 Å². The number of carbonyl (C=O) groups is 2. The summed E-state index contributed by atoms with van der Waals surface area (Å²) in [6, 6.07) is 12.8. The number of H-pyrrole nitrogens is 1. The molecule has 3 rings (SSSR count). The van der Waals surface area contributed by atoms with Gasteiger partial charge in [-0.1, -0.05) is 39.0 Å². The number of nitrogens with one attached hydrogen (secondary N) is 4. The number of hydrogen-bond donors (Lipinski definition) is 4. The first-order valence-corrected chi connectivity index (χ1v) is 9.88. The maximum atomic E-state index is 12.6. The third-order valence-corrected chi connectivity index (χ3v) is 4.77. The highest BCUT2D eigenvalue weighted by molar-refractivity contribution is 6.00. The molecule has 0 aliphatic carbocycles. The predicted molar refractivity (Wildman–Crippen MR) is 122 cm³/mol. The van der Waals surface area contributed by atoms with Crippen LogP contribution in [0.2, 0.25) is 0 Å². The Morgan fingerprint density at radius 3 is 2.65 bits per heavy atom. The molecule has 31 heavy (non-hydrogen) atoms. The van der Waals surface area contributed by atoms with Gasteiger partial charge in [-0.25, -0.2) is 4.79 Å². The van der Waals surface area contributed by atoms with Gasteiger partial charge in [-0.2, -0.15) is 5.10 Å². The van der Waals surface area contributed by atoms with Gasteiger partial charge in [0, 0.05) is 12.2 Å². The molecule has 0 spiro atoms. The molecule has 4 N–H and O–H groups in total. The van der Waals surface area contributed by atoms with Crippen LogP contribution in [0.15, 0.2) is 48.7 Å². The number of hydrogen-bond acceptors (Lipinski definition) is 5. The van der Waals surface area contributed by atoms with Crippen LogP contribution in [0.5, 0.6) is 5.75 Å². The van der Waals surface area contributed by atoms with Crippen molar-refractivity contribution in [3.63, 3.8) is 0 Å². The molecule has 0 saturated carbocycles. The second-order valence-electron chi connectivity index (χ2n) is 8.11. The molecule has 2 amide bonds. The first-order valence-electron chi connectivity index (χ1n) is 9.88. The van der Waals surface area contributed by atoms with Gasteiger partial charge in [-0.15, -0.1) is 0 Å². The summed E-state index contributed by atoms with van der Waals surface area (Å²) in [5.41, 5.74) is 4.22. The van der Waals surface area contributed by atoms with E-state index in [0.29, 0.717) is 41.3 Å². The first-order chi connectivity index (χ1) is 14.8. The molecule has 0 unspecified atom stereocenters. The van der Waals surface area contributed by atoms with Crippen molar-refractivity contribution < 1.29 is 14.3 Å². The van der Waals surface area contributed by atoms with E-state index < -0.39 is 0 Å². The molecular formula is C23H27N5O3. The summed E-state index contributed by atoms with van der Waals surface area (Å²) < 4.78 is 5.39. The molecule has 3 aromatic rings. The normalized spacial score (nSPS) is 11.0. The van der Waals surface area contributed by atoms with E-state index >= 15 is 0 Å². The predicted octanol–water partition coefficient (Wildman–Crippen LogP) is 4.78. The van der Waals surface area contributed by atoms with E-state index in [1.165, 1.54) is 0 Å². The van der Waals surface area contributed by atoms with Crippen LogP contribution in [0, 0.1) is 0 Å². The zero-order valence-corrected chi connectivity index (χ0v) is 18.1. The van der Waals surface area contributed by atoms with E-state index in [2.05, 4.69) is 46.9 Å².